The normalized spacial score (nSPS) is 58.0. The minimum absolute atomic E-state index is 0.0992. The fraction of sp³-hybridized carbons (Fsp3) is 1.00. The highest BCUT2D eigenvalue weighted by molar-refractivity contribution is 5.18. The number of hydrogen-bond acceptors (Lipinski definition) is 22. The quantitative estimate of drug-likeness (QED) is 0.0899. The number of aliphatic hydroxyl groups is 13. The SMILES string of the molecule is C[C@@H]1C[C@H](O)[C@H]2[C@H](C)[C@H]3[C@H](C[C@@H]4[C@H]5CC[C@H]6C[C@@H](O[C@H]7O[C@@H](CO)[C@H](O[C@H]8O[C@@H](CO)[C@H](O)[C@@H](O[C@H]9OC[C@H](O)[C@@H](O)[C@@H]9O)[C@@H]8O[C@H]8O[C@@H](CO)[C@H](O)[C@@H](O)[C@@H]8O)[C@@H](O)[C@@H]7O)CC[C@@]6(C)[C@@H]5CC[C@]34C)N2C1. The van der Waals surface area contributed by atoms with Crippen LogP contribution >= 0.6 is 0 Å². The van der Waals surface area contributed by atoms with Crippen LogP contribution in [0.5, 0.6) is 0 Å². The summed E-state index contributed by atoms with van der Waals surface area (Å²) < 4.78 is 47.9. The van der Waals surface area contributed by atoms with Crippen molar-refractivity contribution in [1.29, 1.82) is 0 Å². The molecule has 0 spiro atoms. The van der Waals surface area contributed by atoms with Gasteiger partial charge >= 0.3 is 0 Å². The van der Waals surface area contributed by atoms with Gasteiger partial charge in [-0.05, 0) is 110 Å². The Bertz CT molecular complexity index is 1840. The van der Waals surface area contributed by atoms with Crippen LogP contribution in [0.2, 0.25) is 0 Å². The molecule has 22 nitrogen and oxygen atoms in total. The van der Waals surface area contributed by atoms with Gasteiger partial charge in [-0.3, -0.25) is 4.90 Å². The summed E-state index contributed by atoms with van der Waals surface area (Å²) in [4.78, 5) is 2.71. The molecule has 10 aliphatic rings. The molecule has 22 heteroatoms. The van der Waals surface area contributed by atoms with E-state index in [1.54, 1.807) is 0 Å². The van der Waals surface area contributed by atoms with E-state index in [4.69, 9.17) is 37.9 Å². The number of piperidine rings is 1. The van der Waals surface area contributed by atoms with Crippen LogP contribution in [-0.4, -0.2) is 245 Å². The van der Waals surface area contributed by atoms with Crippen molar-refractivity contribution in [2.45, 2.75) is 226 Å². The van der Waals surface area contributed by atoms with Crippen LogP contribution in [0.25, 0.3) is 0 Å². The number of fused-ring (bicyclic) bond motifs is 9. The molecule has 4 saturated carbocycles. The highest BCUT2D eigenvalue weighted by Crippen LogP contribution is 2.71. The maximum atomic E-state index is 11.8. The summed E-state index contributed by atoms with van der Waals surface area (Å²) in [6.07, 6.45) is -24.4. The highest BCUT2D eigenvalue weighted by Gasteiger charge is 2.68. The molecule has 32 atom stereocenters. The van der Waals surface area contributed by atoms with Gasteiger partial charge in [0.2, 0.25) is 0 Å². The summed E-state index contributed by atoms with van der Waals surface area (Å²) in [6, 6.07) is 0.785. The lowest BCUT2D eigenvalue weighted by Crippen LogP contribution is -2.68. The molecule has 414 valence electrons. The maximum absolute atomic E-state index is 11.8. The van der Waals surface area contributed by atoms with Crippen molar-refractivity contribution < 1.29 is 104 Å². The van der Waals surface area contributed by atoms with Crippen molar-refractivity contribution in [2.24, 2.45) is 52.3 Å². The second kappa shape index (κ2) is 21.1. The van der Waals surface area contributed by atoms with Crippen LogP contribution < -0.4 is 0 Å². The fourth-order valence-corrected chi connectivity index (χ4v) is 16.8. The molecule has 0 unspecified atom stereocenters. The number of ether oxygens (including phenoxy) is 8. The molecule has 6 heterocycles. The Morgan fingerprint density at radius 3 is 1.86 bits per heavy atom. The average molecular weight is 1030 g/mol. The summed E-state index contributed by atoms with van der Waals surface area (Å²) in [5, 5.41) is 141. The number of aliphatic hydroxyl groups excluding tert-OH is 13. The van der Waals surface area contributed by atoms with Crippen LogP contribution in [0.15, 0.2) is 0 Å². The number of nitrogens with zero attached hydrogens (tertiary/aromatic N) is 1. The highest BCUT2D eigenvalue weighted by atomic mass is 16.8. The molecule has 0 bridgehead atoms. The fourth-order valence-electron chi connectivity index (χ4n) is 16.8. The minimum Gasteiger partial charge on any atom is -0.394 e. The van der Waals surface area contributed by atoms with E-state index < -0.39 is 143 Å². The van der Waals surface area contributed by atoms with Crippen molar-refractivity contribution in [2.75, 3.05) is 33.0 Å². The topological polar surface area (TPSA) is 340 Å². The molecule has 72 heavy (non-hydrogen) atoms. The summed E-state index contributed by atoms with van der Waals surface area (Å²) in [6.45, 7) is 7.82. The van der Waals surface area contributed by atoms with Gasteiger partial charge in [-0.25, -0.2) is 0 Å². The first-order valence-corrected chi connectivity index (χ1v) is 26.8. The zero-order valence-corrected chi connectivity index (χ0v) is 41.7. The first-order chi connectivity index (χ1) is 34.2. The third-order valence-corrected chi connectivity index (χ3v) is 20.3. The van der Waals surface area contributed by atoms with Crippen molar-refractivity contribution in [3.63, 3.8) is 0 Å². The van der Waals surface area contributed by atoms with Gasteiger partial charge in [-0.15, -0.1) is 0 Å². The lowest BCUT2D eigenvalue weighted by molar-refractivity contribution is -0.404. The summed E-state index contributed by atoms with van der Waals surface area (Å²) in [5.41, 5.74) is 0.346. The summed E-state index contributed by atoms with van der Waals surface area (Å²) >= 11 is 0. The van der Waals surface area contributed by atoms with Crippen molar-refractivity contribution in [1.82, 2.24) is 4.90 Å². The second-order valence-corrected chi connectivity index (χ2v) is 24.2. The third kappa shape index (κ3) is 9.16. The molecule has 0 aromatic heterocycles. The maximum Gasteiger partial charge on any atom is 0.187 e. The van der Waals surface area contributed by atoms with E-state index in [0.717, 1.165) is 38.6 Å². The predicted molar refractivity (Wildman–Crippen MR) is 244 cm³/mol. The third-order valence-electron chi connectivity index (χ3n) is 20.3. The molecular formula is C50H83NO21. The van der Waals surface area contributed by atoms with E-state index in [1.165, 1.54) is 19.3 Å². The van der Waals surface area contributed by atoms with E-state index in [9.17, 15) is 66.4 Å². The van der Waals surface area contributed by atoms with Crippen LogP contribution in [-0.2, 0) is 37.9 Å². The zero-order valence-electron chi connectivity index (χ0n) is 41.7. The summed E-state index contributed by atoms with van der Waals surface area (Å²) in [7, 11) is 0. The Balaban J connectivity index is 0.820. The largest absolute Gasteiger partial charge is 0.394 e. The van der Waals surface area contributed by atoms with E-state index in [2.05, 4.69) is 32.6 Å². The smallest absolute Gasteiger partial charge is 0.187 e. The molecule has 4 aliphatic carbocycles. The van der Waals surface area contributed by atoms with Crippen LogP contribution in [0.4, 0.5) is 0 Å². The molecule has 10 rings (SSSR count). The second-order valence-electron chi connectivity index (χ2n) is 24.2. The number of hydrogen-bond donors (Lipinski definition) is 13. The molecule has 0 amide bonds. The molecule has 10 fully saturated rings. The molecule has 0 aromatic carbocycles. The van der Waals surface area contributed by atoms with Gasteiger partial charge in [0.25, 0.3) is 0 Å². The Hall–Kier alpha value is -0.880. The van der Waals surface area contributed by atoms with Gasteiger partial charge in [-0.2, -0.15) is 0 Å². The molecule has 0 aromatic rings. The van der Waals surface area contributed by atoms with Crippen LogP contribution in [0.1, 0.15) is 85.5 Å². The molecule has 6 saturated heterocycles. The van der Waals surface area contributed by atoms with Gasteiger partial charge in [0.15, 0.2) is 25.2 Å². The van der Waals surface area contributed by atoms with Gasteiger partial charge in [0.1, 0.15) is 91.6 Å². The van der Waals surface area contributed by atoms with Crippen molar-refractivity contribution >= 4 is 0 Å². The van der Waals surface area contributed by atoms with Crippen molar-refractivity contribution in [3.05, 3.63) is 0 Å². The lowest BCUT2D eigenvalue weighted by atomic mass is 9.44. The predicted octanol–water partition coefficient (Wildman–Crippen LogP) is -3.36. The lowest BCUT2D eigenvalue weighted by Gasteiger charge is -2.61. The van der Waals surface area contributed by atoms with Crippen LogP contribution in [0.3, 0.4) is 0 Å². The molecular weight excluding hydrogens is 951 g/mol. The monoisotopic (exact) mass is 1030 g/mol. The van der Waals surface area contributed by atoms with Gasteiger partial charge < -0.3 is 104 Å². The van der Waals surface area contributed by atoms with E-state index in [-0.39, 0.29) is 29.1 Å². The van der Waals surface area contributed by atoms with Gasteiger partial charge in [0.05, 0.1) is 38.6 Å². The Morgan fingerprint density at radius 2 is 1.14 bits per heavy atom. The first-order valence-electron chi connectivity index (χ1n) is 26.8. The Morgan fingerprint density at radius 1 is 0.528 bits per heavy atom. The van der Waals surface area contributed by atoms with E-state index in [0.29, 0.717) is 53.9 Å². The average Bonchev–Trinajstić information content (AvgIpc) is 3.83. The summed E-state index contributed by atoms with van der Waals surface area (Å²) in [5.74, 6) is 3.76. The molecule has 6 aliphatic heterocycles. The zero-order chi connectivity index (χ0) is 51.5. The van der Waals surface area contributed by atoms with E-state index in [1.807, 2.05) is 0 Å². The van der Waals surface area contributed by atoms with Crippen LogP contribution in [0, 0.1) is 52.3 Å². The standard InChI is InChI=1S/C50H83NO21/c1-19-11-27(55)33-20(2)32-26(51(33)14-19)13-25-23-6-5-21-12-22(7-9-49(21,3)24(23)8-10-50(25,32)4)66-46-41(64)38(61)42(31(17-54)69-46)70-48-44(72-47-40(63)37(60)35(58)29(15-52)67-47)43(36(59)30(16-53)68-48)71-45-39(62)34(57)28(56)18-65-45/h19-48,52-64H,5-18H2,1-4H3/t19-,20-,21+,22+,23+,24-,25-,26+,27+,28+,29+,30+,31+,32+,33-,34-,35+,36+,37-,38+,39+,40+,41+,42+,43-,44+,45-,46+,47-,48-,49-,50+/m1/s1. The number of rotatable bonds is 11. The molecule has 13 N–H and O–H groups in total. The Kier molecular flexibility index (Phi) is 15.9. The van der Waals surface area contributed by atoms with Crippen molar-refractivity contribution in [3.8, 4) is 0 Å². The molecule has 0 radical (unpaired) electrons. The minimum atomic E-state index is -2.00. The Labute approximate surface area is 420 Å². The van der Waals surface area contributed by atoms with Gasteiger partial charge in [-0.1, -0.05) is 27.7 Å². The first kappa shape index (κ1) is 54.5. The van der Waals surface area contributed by atoms with Gasteiger partial charge in [0, 0.05) is 18.6 Å². The van der Waals surface area contributed by atoms with E-state index >= 15 is 0 Å².